The molecule has 5 rings (SSSR count). The van der Waals surface area contributed by atoms with E-state index in [1.165, 1.54) is 25.7 Å². The first kappa shape index (κ1) is 30.1. The highest BCUT2D eigenvalue weighted by atomic mass is 16.6. The lowest BCUT2D eigenvalue weighted by molar-refractivity contribution is -0.213. The first-order valence-electron chi connectivity index (χ1n) is 16.2. The van der Waals surface area contributed by atoms with Crippen LogP contribution in [0.5, 0.6) is 0 Å². The Morgan fingerprint density at radius 1 is 0.900 bits per heavy atom. The number of esters is 2. The van der Waals surface area contributed by atoms with E-state index in [9.17, 15) is 9.59 Å². The van der Waals surface area contributed by atoms with Crippen LogP contribution in [0.4, 0.5) is 0 Å². The molecule has 0 aliphatic heterocycles. The largest absolute Gasteiger partial charge is 0.469 e. The van der Waals surface area contributed by atoms with E-state index in [4.69, 9.17) is 14.2 Å². The van der Waals surface area contributed by atoms with Crippen LogP contribution in [0.15, 0.2) is 11.6 Å². The Bertz CT molecular complexity index is 1060. The Morgan fingerprint density at radius 3 is 2.27 bits per heavy atom. The van der Waals surface area contributed by atoms with Gasteiger partial charge in [0.05, 0.1) is 25.2 Å². The summed E-state index contributed by atoms with van der Waals surface area (Å²) in [6, 6.07) is 0. The van der Waals surface area contributed by atoms with Gasteiger partial charge in [0, 0.05) is 0 Å². The van der Waals surface area contributed by atoms with Gasteiger partial charge < -0.3 is 14.2 Å². The van der Waals surface area contributed by atoms with Crippen LogP contribution >= 0.6 is 0 Å². The molecular formula is C35H56O5. The van der Waals surface area contributed by atoms with E-state index in [-0.39, 0.29) is 57.1 Å². The number of carbonyl (C=O) groups excluding carboxylic acids is 2. The van der Waals surface area contributed by atoms with Crippen molar-refractivity contribution >= 4 is 11.9 Å². The molecular weight excluding hydrogens is 500 g/mol. The highest BCUT2D eigenvalue weighted by Crippen LogP contribution is 2.75. The fourth-order valence-electron chi connectivity index (χ4n) is 11.4. The number of fused-ring (bicyclic) bond motifs is 7. The van der Waals surface area contributed by atoms with Crippen molar-refractivity contribution in [1.82, 2.24) is 0 Å². The molecule has 0 radical (unpaired) electrons. The van der Waals surface area contributed by atoms with Crippen LogP contribution < -0.4 is 0 Å². The van der Waals surface area contributed by atoms with Crippen LogP contribution in [-0.2, 0) is 23.8 Å². The normalized spacial score (nSPS) is 47.5. The molecule has 40 heavy (non-hydrogen) atoms. The van der Waals surface area contributed by atoms with Gasteiger partial charge in [-0.2, -0.15) is 0 Å². The molecule has 5 heteroatoms. The van der Waals surface area contributed by atoms with E-state index in [2.05, 4.69) is 54.5 Å². The van der Waals surface area contributed by atoms with E-state index in [0.717, 1.165) is 38.5 Å². The standard InChI is InChI=1S/C35H56O5/c1-10-39-28(36)22-40-27-14-15-33(6)25(30(27,2)3)13-16-35(8)26(33)12-11-23-24-21-32(5,29(37)38-9)18-17-31(24,4)19-20-34(23,35)7/h11,24-27H,10,12-22H2,1-9H3/t24-,25?,26+,27-,31+,32?,33-,34+,35+/m0/s1. The Hall–Kier alpha value is -1.36. The summed E-state index contributed by atoms with van der Waals surface area (Å²) >= 11 is 0. The number of methoxy groups -OCH3 is 1. The number of allylic oxidation sites excluding steroid dienone is 2. The molecule has 5 aliphatic rings. The smallest absolute Gasteiger partial charge is 0.332 e. The van der Waals surface area contributed by atoms with Crippen molar-refractivity contribution in [2.24, 2.45) is 50.2 Å². The Kier molecular flexibility index (Phi) is 7.41. The van der Waals surface area contributed by atoms with Crippen LogP contribution in [0.2, 0.25) is 0 Å². The van der Waals surface area contributed by atoms with Gasteiger partial charge >= 0.3 is 11.9 Å². The van der Waals surface area contributed by atoms with Crippen LogP contribution in [0.3, 0.4) is 0 Å². The van der Waals surface area contributed by atoms with Gasteiger partial charge in [0.2, 0.25) is 0 Å². The van der Waals surface area contributed by atoms with Gasteiger partial charge in [-0.3, -0.25) is 4.79 Å². The van der Waals surface area contributed by atoms with E-state index < -0.39 is 0 Å². The average molecular weight is 557 g/mol. The number of hydrogen-bond donors (Lipinski definition) is 0. The number of rotatable bonds is 5. The van der Waals surface area contributed by atoms with Gasteiger partial charge in [0.15, 0.2) is 0 Å². The third-order valence-corrected chi connectivity index (χ3v) is 14.2. The molecule has 5 nitrogen and oxygen atoms in total. The maximum atomic E-state index is 12.9. The summed E-state index contributed by atoms with van der Waals surface area (Å²) in [6.45, 7) is 19.5. The first-order chi connectivity index (χ1) is 18.6. The molecule has 0 heterocycles. The molecule has 0 N–H and O–H groups in total. The van der Waals surface area contributed by atoms with Crippen molar-refractivity contribution in [3.05, 3.63) is 11.6 Å². The molecule has 4 saturated carbocycles. The van der Waals surface area contributed by atoms with Crippen molar-refractivity contribution in [1.29, 1.82) is 0 Å². The molecule has 0 aromatic heterocycles. The van der Waals surface area contributed by atoms with E-state index >= 15 is 0 Å². The molecule has 2 unspecified atom stereocenters. The van der Waals surface area contributed by atoms with Crippen LogP contribution in [0, 0.1) is 50.2 Å². The number of hydrogen-bond acceptors (Lipinski definition) is 5. The predicted octanol–water partition coefficient (Wildman–Crippen LogP) is 7.91. The second kappa shape index (κ2) is 9.85. The Labute approximate surface area is 243 Å². The Morgan fingerprint density at radius 2 is 1.60 bits per heavy atom. The van der Waals surface area contributed by atoms with Gasteiger partial charge in [-0.1, -0.05) is 53.2 Å². The lowest BCUT2D eigenvalue weighted by atomic mass is 9.33. The average Bonchev–Trinajstić information content (AvgIpc) is 2.89. The third kappa shape index (κ3) is 4.17. The molecule has 0 amide bonds. The minimum atomic E-state index is -0.384. The SMILES string of the molecule is CCOC(=O)CO[C@H]1CC[C@@]2(C)C(CC[C@]3(C)[C@@H]2CC=C2[C@@H]4CC(C)(C(=O)OC)CC[C@]4(C)CC[C@]23C)C1(C)C. The zero-order valence-electron chi connectivity index (χ0n) is 26.9. The fourth-order valence-corrected chi connectivity index (χ4v) is 11.4. The van der Waals surface area contributed by atoms with Gasteiger partial charge in [-0.15, -0.1) is 0 Å². The van der Waals surface area contributed by atoms with Crippen molar-refractivity contribution in [3.8, 4) is 0 Å². The summed E-state index contributed by atoms with van der Waals surface area (Å²) in [5, 5.41) is 0. The zero-order chi connectivity index (χ0) is 29.4. The van der Waals surface area contributed by atoms with Gasteiger partial charge in [0.1, 0.15) is 6.61 Å². The van der Waals surface area contributed by atoms with Gasteiger partial charge in [0.25, 0.3) is 0 Å². The van der Waals surface area contributed by atoms with Crippen LogP contribution in [0.1, 0.15) is 120 Å². The van der Waals surface area contributed by atoms with Crippen LogP contribution in [-0.4, -0.2) is 38.4 Å². The summed E-state index contributed by atoms with van der Waals surface area (Å²) in [5.74, 6) is 1.35. The monoisotopic (exact) mass is 556 g/mol. The molecule has 0 bridgehead atoms. The zero-order valence-corrected chi connectivity index (χ0v) is 26.9. The second-order valence-electron chi connectivity index (χ2n) is 16.2. The molecule has 0 spiro atoms. The van der Waals surface area contributed by atoms with Crippen molar-refractivity contribution < 1.29 is 23.8 Å². The van der Waals surface area contributed by atoms with Crippen molar-refractivity contribution in [3.63, 3.8) is 0 Å². The van der Waals surface area contributed by atoms with Crippen molar-refractivity contribution in [2.75, 3.05) is 20.3 Å². The minimum absolute atomic E-state index is 0.00254. The maximum Gasteiger partial charge on any atom is 0.332 e. The van der Waals surface area contributed by atoms with E-state index in [0.29, 0.717) is 24.4 Å². The molecule has 0 saturated heterocycles. The third-order valence-electron chi connectivity index (χ3n) is 14.2. The molecule has 9 atom stereocenters. The second-order valence-corrected chi connectivity index (χ2v) is 16.2. The van der Waals surface area contributed by atoms with Gasteiger partial charge in [-0.25, -0.2) is 4.79 Å². The summed E-state index contributed by atoms with van der Waals surface area (Å²) in [4.78, 5) is 25.0. The molecule has 4 fully saturated rings. The molecule has 0 aromatic carbocycles. The lowest BCUT2D eigenvalue weighted by Gasteiger charge is -2.71. The predicted molar refractivity (Wildman–Crippen MR) is 157 cm³/mol. The summed E-state index contributed by atoms with van der Waals surface area (Å²) in [6.07, 6.45) is 13.9. The summed E-state index contributed by atoms with van der Waals surface area (Å²) in [7, 11) is 1.55. The van der Waals surface area contributed by atoms with E-state index in [1.54, 1.807) is 12.7 Å². The van der Waals surface area contributed by atoms with Crippen molar-refractivity contribution in [2.45, 2.75) is 126 Å². The quantitative estimate of drug-likeness (QED) is 0.254. The first-order valence-corrected chi connectivity index (χ1v) is 16.2. The van der Waals surface area contributed by atoms with E-state index in [1.807, 2.05) is 6.92 Å². The maximum absolute atomic E-state index is 12.9. The Balaban J connectivity index is 1.45. The molecule has 0 aromatic rings. The minimum Gasteiger partial charge on any atom is -0.469 e. The highest BCUT2D eigenvalue weighted by Gasteiger charge is 2.68. The van der Waals surface area contributed by atoms with Gasteiger partial charge in [-0.05, 0) is 123 Å². The topological polar surface area (TPSA) is 61.8 Å². The molecule has 5 aliphatic carbocycles. The fraction of sp³-hybridized carbons (Fsp3) is 0.886. The lowest BCUT2D eigenvalue weighted by Crippen LogP contribution is -2.64. The van der Waals surface area contributed by atoms with Crippen LogP contribution in [0.25, 0.3) is 0 Å². The number of ether oxygens (including phenoxy) is 3. The summed E-state index contributed by atoms with van der Waals surface area (Å²) < 4.78 is 16.7. The highest BCUT2D eigenvalue weighted by molar-refractivity contribution is 5.76. The summed E-state index contributed by atoms with van der Waals surface area (Å²) in [5.41, 5.74) is 2.19. The number of carbonyl (C=O) groups is 2. The molecule has 226 valence electrons.